The van der Waals surface area contributed by atoms with E-state index in [2.05, 4.69) is 58.3 Å². The summed E-state index contributed by atoms with van der Waals surface area (Å²) < 4.78 is 0. The van der Waals surface area contributed by atoms with E-state index >= 15 is 0 Å². The topological polar surface area (TPSA) is 57.3 Å². The van der Waals surface area contributed by atoms with Crippen LogP contribution in [0.1, 0.15) is 41.7 Å². The molecule has 2 aromatic carbocycles. The van der Waals surface area contributed by atoms with Crippen LogP contribution in [-0.2, 0) is 0 Å². The number of carbonyl (C=O) groups is 1. The third-order valence-electron chi connectivity index (χ3n) is 6.31. The van der Waals surface area contributed by atoms with Crippen LogP contribution in [0.15, 0.2) is 71.8 Å². The second-order valence-corrected chi connectivity index (χ2v) is 9.37. The molecule has 4 rings (SSSR count). The van der Waals surface area contributed by atoms with Crippen molar-refractivity contribution in [3.63, 3.8) is 0 Å². The van der Waals surface area contributed by atoms with Crippen LogP contribution in [0.2, 0.25) is 5.02 Å². The quantitative estimate of drug-likeness (QED) is 0.354. The summed E-state index contributed by atoms with van der Waals surface area (Å²) in [5, 5.41) is 6.88. The smallest absolute Gasteiger partial charge is 0.258 e. The van der Waals surface area contributed by atoms with Crippen LogP contribution < -0.4 is 10.6 Å². The Morgan fingerprint density at radius 1 is 1.12 bits per heavy atom. The Morgan fingerprint density at radius 2 is 1.85 bits per heavy atom. The van der Waals surface area contributed by atoms with Crippen molar-refractivity contribution in [2.75, 3.05) is 30.3 Å². The lowest BCUT2D eigenvalue weighted by Crippen LogP contribution is -2.37. The molecule has 1 aliphatic rings. The zero-order chi connectivity index (χ0) is 23.2. The highest BCUT2D eigenvalue weighted by Crippen LogP contribution is 2.30. The lowest BCUT2D eigenvalue weighted by Gasteiger charge is -2.36. The maximum absolute atomic E-state index is 12.8. The van der Waals surface area contributed by atoms with Crippen LogP contribution in [0.4, 0.5) is 11.5 Å². The number of piperidine rings is 1. The summed E-state index contributed by atoms with van der Waals surface area (Å²) in [5.41, 5.74) is 2.72. The van der Waals surface area contributed by atoms with Gasteiger partial charge in [-0.1, -0.05) is 41.9 Å². The zero-order valence-electron chi connectivity index (χ0n) is 18.7. The van der Waals surface area contributed by atoms with Crippen molar-refractivity contribution in [2.45, 2.75) is 30.7 Å². The Kier molecular flexibility index (Phi) is 7.91. The highest BCUT2D eigenvalue weighted by molar-refractivity contribution is 7.80. The minimum atomic E-state index is -0.193. The number of rotatable bonds is 7. The van der Waals surface area contributed by atoms with E-state index in [-0.39, 0.29) is 5.91 Å². The predicted molar refractivity (Wildman–Crippen MR) is 139 cm³/mol. The SMILES string of the molecule is CC(c1ccccc1S)N1CCC(CNc2ccccc2C(=O)Nc2ccc(Cl)cn2)CC1. The summed E-state index contributed by atoms with van der Waals surface area (Å²) in [4.78, 5) is 20.5. The fourth-order valence-corrected chi connectivity index (χ4v) is 4.76. The molecule has 0 aliphatic carbocycles. The summed E-state index contributed by atoms with van der Waals surface area (Å²) in [7, 11) is 0. The minimum absolute atomic E-state index is 0.193. The average Bonchev–Trinajstić information content (AvgIpc) is 2.84. The van der Waals surface area contributed by atoms with Gasteiger partial charge in [0, 0.05) is 29.4 Å². The summed E-state index contributed by atoms with van der Waals surface area (Å²) in [6.45, 7) is 5.22. The van der Waals surface area contributed by atoms with Crippen LogP contribution in [0, 0.1) is 5.92 Å². The number of nitrogens with zero attached hydrogens (tertiary/aromatic N) is 2. The number of likely N-dealkylation sites (tertiary alicyclic amines) is 1. The Labute approximate surface area is 206 Å². The molecule has 0 radical (unpaired) electrons. The molecule has 3 aromatic rings. The maximum atomic E-state index is 12.8. The molecule has 1 fully saturated rings. The van der Waals surface area contributed by atoms with Gasteiger partial charge in [-0.15, -0.1) is 12.6 Å². The zero-order valence-corrected chi connectivity index (χ0v) is 20.3. The number of hydrogen-bond acceptors (Lipinski definition) is 5. The van der Waals surface area contributed by atoms with Crippen LogP contribution in [0.25, 0.3) is 0 Å². The second-order valence-electron chi connectivity index (χ2n) is 8.46. The fourth-order valence-electron chi connectivity index (χ4n) is 4.30. The van der Waals surface area contributed by atoms with Gasteiger partial charge in [0.25, 0.3) is 5.91 Å². The molecule has 5 nitrogen and oxygen atoms in total. The third-order valence-corrected chi connectivity index (χ3v) is 6.94. The number of thiol groups is 1. The molecule has 0 spiro atoms. The Balaban J connectivity index is 1.32. The number of halogens is 1. The van der Waals surface area contributed by atoms with E-state index in [9.17, 15) is 4.79 Å². The molecule has 1 atom stereocenters. The first-order chi connectivity index (χ1) is 16.0. The highest BCUT2D eigenvalue weighted by atomic mass is 35.5. The fraction of sp³-hybridized carbons (Fsp3) is 0.308. The van der Waals surface area contributed by atoms with E-state index in [1.54, 1.807) is 12.1 Å². The number of amides is 1. The minimum Gasteiger partial charge on any atom is -0.384 e. The number of nitrogens with one attached hydrogen (secondary N) is 2. The molecule has 172 valence electrons. The molecule has 2 N–H and O–H groups in total. The number of anilines is 2. The number of para-hydroxylation sites is 1. The Morgan fingerprint density at radius 3 is 2.58 bits per heavy atom. The molecule has 0 bridgehead atoms. The average molecular weight is 481 g/mol. The number of pyridine rings is 1. The molecule has 2 heterocycles. The Hall–Kier alpha value is -2.54. The highest BCUT2D eigenvalue weighted by Gasteiger charge is 2.24. The first-order valence-electron chi connectivity index (χ1n) is 11.3. The van der Waals surface area contributed by atoms with Crippen molar-refractivity contribution in [1.82, 2.24) is 9.88 Å². The van der Waals surface area contributed by atoms with Gasteiger partial charge in [-0.25, -0.2) is 4.98 Å². The van der Waals surface area contributed by atoms with E-state index in [1.165, 1.54) is 11.8 Å². The molecule has 1 unspecified atom stereocenters. The van der Waals surface area contributed by atoms with Crippen molar-refractivity contribution in [3.05, 3.63) is 83.0 Å². The largest absolute Gasteiger partial charge is 0.384 e. The lowest BCUT2D eigenvalue weighted by atomic mass is 9.94. The molecule has 33 heavy (non-hydrogen) atoms. The molecule has 1 amide bonds. The maximum Gasteiger partial charge on any atom is 0.258 e. The molecule has 1 aromatic heterocycles. The third kappa shape index (κ3) is 6.08. The first-order valence-corrected chi connectivity index (χ1v) is 12.1. The molecular weight excluding hydrogens is 452 g/mol. The van der Waals surface area contributed by atoms with E-state index in [4.69, 9.17) is 11.6 Å². The molecule has 1 aliphatic heterocycles. The summed E-state index contributed by atoms with van der Waals surface area (Å²) in [6.07, 6.45) is 3.76. The number of carbonyl (C=O) groups excluding carboxylic acids is 1. The number of hydrogen-bond donors (Lipinski definition) is 3. The van der Waals surface area contributed by atoms with Gasteiger partial charge in [0.2, 0.25) is 0 Å². The van der Waals surface area contributed by atoms with Gasteiger partial charge in [0.15, 0.2) is 0 Å². The van der Waals surface area contributed by atoms with Gasteiger partial charge in [-0.2, -0.15) is 0 Å². The van der Waals surface area contributed by atoms with Crippen molar-refractivity contribution in [3.8, 4) is 0 Å². The van der Waals surface area contributed by atoms with Crippen LogP contribution >= 0.6 is 24.2 Å². The van der Waals surface area contributed by atoms with Crippen molar-refractivity contribution in [2.24, 2.45) is 5.92 Å². The predicted octanol–water partition coefficient (Wildman–Crippen LogP) is 6.16. The van der Waals surface area contributed by atoms with Gasteiger partial charge in [-0.05, 0) is 74.7 Å². The van der Waals surface area contributed by atoms with E-state index in [0.29, 0.717) is 28.4 Å². The summed E-state index contributed by atoms with van der Waals surface area (Å²) in [5.74, 6) is 0.846. The normalized spacial score (nSPS) is 15.7. The van der Waals surface area contributed by atoms with Gasteiger partial charge in [0.05, 0.1) is 10.6 Å². The van der Waals surface area contributed by atoms with E-state index in [0.717, 1.165) is 43.1 Å². The molecule has 7 heteroatoms. The number of aromatic nitrogens is 1. The molecule has 0 saturated carbocycles. The van der Waals surface area contributed by atoms with Gasteiger partial charge >= 0.3 is 0 Å². The lowest BCUT2D eigenvalue weighted by molar-refractivity contribution is 0.102. The van der Waals surface area contributed by atoms with Gasteiger partial charge < -0.3 is 10.6 Å². The Bertz CT molecular complexity index is 1080. The first kappa shape index (κ1) is 23.6. The van der Waals surface area contributed by atoms with Crippen molar-refractivity contribution in [1.29, 1.82) is 0 Å². The monoisotopic (exact) mass is 480 g/mol. The second kappa shape index (κ2) is 11.1. The van der Waals surface area contributed by atoms with Crippen molar-refractivity contribution >= 4 is 41.6 Å². The van der Waals surface area contributed by atoms with Gasteiger partial charge in [0.1, 0.15) is 5.82 Å². The van der Waals surface area contributed by atoms with E-state index < -0.39 is 0 Å². The van der Waals surface area contributed by atoms with Crippen molar-refractivity contribution < 1.29 is 4.79 Å². The summed E-state index contributed by atoms with van der Waals surface area (Å²) >= 11 is 10.5. The van der Waals surface area contributed by atoms with Crippen LogP contribution in [0.3, 0.4) is 0 Å². The summed E-state index contributed by atoms with van der Waals surface area (Å²) in [6, 6.07) is 19.7. The standard InChI is InChI=1S/C26H29ClN4OS/c1-18(21-6-3-5-9-24(21)33)31-14-12-19(13-15-31)16-28-23-8-4-2-7-22(23)26(32)30-25-11-10-20(27)17-29-25/h2-11,17-19,28,33H,12-16H2,1H3,(H,29,30,32). The molecular formula is C26H29ClN4OS. The van der Waals surface area contributed by atoms with Gasteiger partial charge in [-0.3, -0.25) is 9.69 Å². The number of benzene rings is 2. The van der Waals surface area contributed by atoms with Crippen LogP contribution in [0.5, 0.6) is 0 Å². The molecule has 1 saturated heterocycles. The van der Waals surface area contributed by atoms with Crippen LogP contribution in [-0.4, -0.2) is 35.4 Å². The van der Waals surface area contributed by atoms with E-state index in [1.807, 2.05) is 30.3 Å².